The van der Waals surface area contributed by atoms with Gasteiger partial charge in [-0.1, -0.05) is 26.3 Å². The van der Waals surface area contributed by atoms with Crippen LogP contribution in [0.2, 0.25) is 0 Å². The van der Waals surface area contributed by atoms with Crippen molar-refractivity contribution in [3.63, 3.8) is 0 Å². The van der Waals surface area contributed by atoms with E-state index in [-0.39, 0.29) is 0 Å². The Labute approximate surface area is 141 Å². The lowest BCUT2D eigenvalue weighted by atomic mass is 9.88. The first-order chi connectivity index (χ1) is 11.1. The van der Waals surface area contributed by atoms with E-state index in [1.807, 2.05) is 0 Å². The lowest BCUT2D eigenvalue weighted by molar-refractivity contribution is -0.874. The molecule has 1 heterocycles. The summed E-state index contributed by atoms with van der Waals surface area (Å²) < 4.78 is 11.0. The minimum absolute atomic E-state index is 0.357. The number of nitrogens with one attached hydrogen (secondary N) is 1. The van der Waals surface area contributed by atoms with Crippen LogP contribution in [-0.4, -0.2) is 40.5 Å². The number of likely N-dealkylation sites (N-methyl/N-ethyl adjacent to an activating group) is 1. The number of rotatable bonds is 10. The first-order valence-electron chi connectivity index (χ1n) is 9.06. The Balaban J connectivity index is 1.90. The molecule has 0 saturated heterocycles. The molecule has 4 nitrogen and oxygen atoms in total. The summed E-state index contributed by atoms with van der Waals surface area (Å²) >= 11 is 0. The van der Waals surface area contributed by atoms with Crippen LogP contribution < -0.4 is 19.7 Å². The summed E-state index contributed by atoms with van der Waals surface area (Å²) in [5, 5.41) is 2.46. The first-order valence-corrected chi connectivity index (χ1v) is 9.06. The van der Waals surface area contributed by atoms with Gasteiger partial charge in [-0.05, 0) is 36.0 Å². The number of quaternary nitrogens is 2. The van der Waals surface area contributed by atoms with E-state index in [0.717, 1.165) is 17.4 Å². The third-order valence-electron chi connectivity index (χ3n) is 4.53. The average molecular weight is 322 g/mol. The highest BCUT2D eigenvalue weighted by Crippen LogP contribution is 2.36. The lowest BCUT2D eigenvalue weighted by Crippen LogP contribution is -3.09. The highest BCUT2D eigenvalue weighted by atomic mass is 16.7. The molecule has 1 atom stereocenters. The van der Waals surface area contributed by atoms with E-state index in [0.29, 0.717) is 12.7 Å². The van der Waals surface area contributed by atoms with Gasteiger partial charge in [0.2, 0.25) is 6.79 Å². The summed E-state index contributed by atoms with van der Waals surface area (Å²) in [4.78, 5) is 1.52. The van der Waals surface area contributed by atoms with Gasteiger partial charge < -0.3 is 19.7 Å². The van der Waals surface area contributed by atoms with Crippen LogP contribution in [0.5, 0.6) is 11.5 Å². The van der Waals surface area contributed by atoms with Gasteiger partial charge in [0.1, 0.15) is 13.1 Å². The second kappa shape index (κ2) is 9.14. The van der Waals surface area contributed by atoms with Crippen LogP contribution in [0.1, 0.15) is 44.6 Å². The van der Waals surface area contributed by atoms with Crippen molar-refractivity contribution in [1.29, 1.82) is 0 Å². The summed E-state index contributed by atoms with van der Waals surface area (Å²) in [6, 6.07) is 6.49. The van der Waals surface area contributed by atoms with Gasteiger partial charge in [0.25, 0.3) is 0 Å². The first kappa shape index (κ1) is 18.1. The van der Waals surface area contributed by atoms with E-state index in [1.54, 1.807) is 0 Å². The Kier molecular flexibility index (Phi) is 7.18. The molecule has 2 rings (SSSR count). The van der Waals surface area contributed by atoms with Crippen molar-refractivity contribution in [2.24, 2.45) is 5.92 Å². The molecule has 1 aromatic carbocycles. The Hall–Kier alpha value is -1.26. The molecule has 0 fully saturated rings. The second-order valence-corrected chi connectivity index (χ2v) is 7.39. The molecule has 1 aliphatic heterocycles. The number of hydrogen-bond acceptors (Lipinski definition) is 2. The van der Waals surface area contributed by atoms with Crippen LogP contribution >= 0.6 is 0 Å². The van der Waals surface area contributed by atoms with Crippen molar-refractivity contribution in [3.05, 3.63) is 23.8 Å². The minimum atomic E-state index is 0.357. The van der Waals surface area contributed by atoms with Gasteiger partial charge in [0.05, 0.1) is 20.6 Å². The third-order valence-corrected chi connectivity index (χ3v) is 4.53. The normalized spacial score (nSPS) is 14.7. The molecule has 0 amide bonds. The molecule has 1 aliphatic rings. The Bertz CT molecular complexity index is 474. The summed E-state index contributed by atoms with van der Waals surface area (Å²) in [5.41, 5.74) is 1.40. The highest BCUT2D eigenvalue weighted by Gasteiger charge is 2.18. The zero-order valence-corrected chi connectivity index (χ0v) is 15.2. The van der Waals surface area contributed by atoms with Crippen molar-refractivity contribution < 1.29 is 19.7 Å². The van der Waals surface area contributed by atoms with Crippen LogP contribution in [0.25, 0.3) is 0 Å². The van der Waals surface area contributed by atoms with Crippen LogP contribution in [0.4, 0.5) is 0 Å². The van der Waals surface area contributed by atoms with Gasteiger partial charge in [-0.25, -0.2) is 0 Å². The summed E-state index contributed by atoms with van der Waals surface area (Å²) in [7, 11) is 4.43. The molecule has 23 heavy (non-hydrogen) atoms. The smallest absolute Gasteiger partial charge is 0.231 e. The van der Waals surface area contributed by atoms with Crippen molar-refractivity contribution in [2.45, 2.75) is 39.0 Å². The van der Waals surface area contributed by atoms with E-state index in [4.69, 9.17) is 9.47 Å². The largest absolute Gasteiger partial charge is 0.454 e. The molecule has 0 unspecified atom stereocenters. The van der Waals surface area contributed by atoms with Crippen LogP contribution in [-0.2, 0) is 0 Å². The SMILES string of the molecule is CC(C)CC[C@@H](CC[NH2+]CC[NH+](C)C)c1ccc2c(c1)OCO2. The minimum Gasteiger partial charge on any atom is -0.454 e. The highest BCUT2D eigenvalue weighted by molar-refractivity contribution is 5.45. The molecule has 4 heteroatoms. The summed E-state index contributed by atoms with van der Waals surface area (Å²) in [5.74, 6) is 3.18. The summed E-state index contributed by atoms with van der Waals surface area (Å²) in [6.07, 6.45) is 3.76. The maximum atomic E-state index is 5.55. The van der Waals surface area contributed by atoms with Crippen LogP contribution in [0.15, 0.2) is 18.2 Å². The predicted octanol–water partition coefficient (Wildman–Crippen LogP) is 1.03. The van der Waals surface area contributed by atoms with Gasteiger partial charge in [-0.2, -0.15) is 0 Å². The fourth-order valence-electron chi connectivity index (χ4n) is 3.03. The molecule has 1 aromatic rings. The van der Waals surface area contributed by atoms with Crippen molar-refractivity contribution in [1.82, 2.24) is 0 Å². The molecule has 0 spiro atoms. The monoisotopic (exact) mass is 322 g/mol. The molecule has 130 valence electrons. The number of hydrogen-bond donors (Lipinski definition) is 2. The molecule has 0 saturated carbocycles. The number of nitrogens with two attached hydrogens (primary N) is 1. The van der Waals surface area contributed by atoms with Crippen molar-refractivity contribution in [2.75, 3.05) is 40.5 Å². The van der Waals surface area contributed by atoms with E-state index in [2.05, 4.69) is 51.5 Å². The maximum absolute atomic E-state index is 5.55. The summed E-state index contributed by atoms with van der Waals surface area (Å²) in [6.45, 7) is 8.60. The predicted molar refractivity (Wildman–Crippen MR) is 93.3 cm³/mol. The fourth-order valence-corrected chi connectivity index (χ4v) is 3.03. The maximum Gasteiger partial charge on any atom is 0.231 e. The Morgan fingerprint density at radius 2 is 1.83 bits per heavy atom. The zero-order valence-electron chi connectivity index (χ0n) is 15.2. The lowest BCUT2D eigenvalue weighted by Gasteiger charge is -2.18. The van der Waals surface area contributed by atoms with Gasteiger partial charge in [-0.15, -0.1) is 0 Å². The van der Waals surface area contributed by atoms with E-state index in [1.165, 1.54) is 49.4 Å². The van der Waals surface area contributed by atoms with E-state index >= 15 is 0 Å². The van der Waals surface area contributed by atoms with Gasteiger partial charge in [-0.3, -0.25) is 0 Å². The molecule has 3 N–H and O–H groups in total. The van der Waals surface area contributed by atoms with Crippen molar-refractivity contribution >= 4 is 0 Å². The molecular formula is C19H34N2O2+2. The topological polar surface area (TPSA) is 39.5 Å². The van der Waals surface area contributed by atoms with E-state index < -0.39 is 0 Å². The van der Waals surface area contributed by atoms with Crippen LogP contribution in [0.3, 0.4) is 0 Å². The molecule has 0 bridgehead atoms. The third kappa shape index (κ3) is 6.04. The second-order valence-electron chi connectivity index (χ2n) is 7.39. The molecule has 0 radical (unpaired) electrons. The van der Waals surface area contributed by atoms with Gasteiger partial charge >= 0.3 is 0 Å². The Morgan fingerprint density at radius 3 is 2.57 bits per heavy atom. The van der Waals surface area contributed by atoms with Gasteiger partial charge in [0.15, 0.2) is 11.5 Å². The average Bonchev–Trinajstić information content (AvgIpc) is 2.96. The standard InChI is InChI=1S/C19H32N2O2/c1-15(2)5-6-16(9-10-20-11-12-21(3)4)17-7-8-18-19(13-17)23-14-22-18/h7-8,13,15-16,20H,5-6,9-12,14H2,1-4H3/p+2/t16-/m0/s1. The molecular weight excluding hydrogens is 288 g/mol. The fraction of sp³-hybridized carbons (Fsp3) is 0.684. The molecule has 0 aliphatic carbocycles. The van der Waals surface area contributed by atoms with Crippen molar-refractivity contribution in [3.8, 4) is 11.5 Å². The number of fused-ring (bicyclic) bond motifs is 1. The molecule has 0 aromatic heterocycles. The van der Waals surface area contributed by atoms with E-state index in [9.17, 15) is 0 Å². The number of benzene rings is 1. The Morgan fingerprint density at radius 1 is 1.04 bits per heavy atom. The van der Waals surface area contributed by atoms with Gasteiger partial charge in [0, 0.05) is 6.42 Å². The van der Waals surface area contributed by atoms with Crippen LogP contribution in [0, 0.1) is 5.92 Å². The quantitative estimate of drug-likeness (QED) is 0.632. The number of ether oxygens (including phenoxy) is 2. The zero-order chi connectivity index (χ0) is 16.7.